The number of nitrogens with one attached hydrogen (secondary N) is 1. The van der Waals surface area contributed by atoms with Crippen LogP contribution in [-0.4, -0.2) is 52.2 Å². The Kier molecular flexibility index (Phi) is 9.65. The first kappa shape index (κ1) is 33.9. The molecule has 246 valence electrons. The number of nitrogens with zero attached hydrogens (tertiary/aromatic N) is 1. The second-order valence-corrected chi connectivity index (χ2v) is 17.5. The van der Waals surface area contributed by atoms with Crippen molar-refractivity contribution in [2.45, 2.75) is 69.1 Å². The van der Waals surface area contributed by atoms with Crippen molar-refractivity contribution in [3.63, 3.8) is 0 Å². The Balaban J connectivity index is 1.81. The number of rotatable bonds is 10. The van der Waals surface area contributed by atoms with Crippen molar-refractivity contribution < 1.29 is 28.5 Å². The van der Waals surface area contributed by atoms with Crippen molar-refractivity contribution in [2.75, 3.05) is 0 Å². The summed E-state index contributed by atoms with van der Waals surface area (Å²) in [5, 5.41) is 14.4. The van der Waals surface area contributed by atoms with Crippen LogP contribution in [0.4, 0.5) is 4.39 Å². The Bertz CT molecular complexity index is 1790. The molecular formula is C36H39FN2O7Si. The van der Waals surface area contributed by atoms with Crippen molar-refractivity contribution in [1.29, 1.82) is 0 Å². The normalized spacial score (nSPS) is 22.0. The lowest BCUT2D eigenvalue weighted by molar-refractivity contribution is -0.158. The Morgan fingerprint density at radius 3 is 2.06 bits per heavy atom. The fraction of sp³-hybridized carbons (Fsp3) is 0.306. The maximum atomic E-state index is 14.7. The summed E-state index contributed by atoms with van der Waals surface area (Å²) in [4.78, 5) is 39.7. The third kappa shape index (κ3) is 6.07. The predicted molar refractivity (Wildman–Crippen MR) is 179 cm³/mol. The minimum atomic E-state index is -3.48. The maximum Gasteiger partial charge on any atom is 0.330 e. The number of esters is 1. The lowest BCUT2D eigenvalue weighted by Gasteiger charge is -2.52. The topological polar surface area (TPSA) is 120 Å². The highest BCUT2D eigenvalue weighted by molar-refractivity contribution is 7.05. The van der Waals surface area contributed by atoms with E-state index in [1.807, 2.05) is 96.0 Å². The summed E-state index contributed by atoms with van der Waals surface area (Å²) in [6, 6.07) is 28.6. The molecule has 5 rings (SSSR count). The molecule has 0 spiro atoms. The molecule has 1 unspecified atom stereocenters. The second-order valence-electron chi connectivity index (χ2n) is 12.7. The van der Waals surface area contributed by atoms with Gasteiger partial charge in [-0.05, 0) is 10.6 Å². The number of H-pyrrole nitrogens is 1. The number of aliphatic hydroxyl groups is 1. The van der Waals surface area contributed by atoms with Crippen molar-refractivity contribution in [3.8, 4) is 0 Å². The van der Waals surface area contributed by atoms with E-state index in [2.05, 4.69) is 27.4 Å². The van der Waals surface area contributed by atoms with E-state index in [0.717, 1.165) is 20.5 Å². The SMILES string of the molecule is C=C[C@@]1(C(O)[Si](c2ccccc2)(c2ccccc2)C(C)(C)C)O[C@@H](n2cc(F)c(=O)[nH]c2=O)[C@H](OC(C)=O)[C@@H]1OCc1ccccc1. The Hall–Kier alpha value is -4.42. The van der Waals surface area contributed by atoms with Crippen LogP contribution in [0.5, 0.6) is 0 Å². The molecule has 47 heavy (non-hydrogen) atoms. The van der Waals surface area contributed by atoms with E-state index in [4.69, 9.17) is 14.2 Å². The zero-order valence-electron chi connectivity index (χ0n) is 26.8. The lowest BCUT2D eigenvalue weighted by atomic mass is 9.95. The van der Waals surface area contributed by atoms with Crippen LogP contribution in [0.25, 0.3) is 0 Å². The van der Waals surface area contributed by atoms with Gasteiger partial charge in [0.1, 0.15) is 11.7 Å². The standard InChI is InChI=1S/C36H39FN2O7Si/c1-6-36(33(42)47(35(3,4)5,26-18-12-8-13-19-26)27-20-14-9-15-21-27)30(44-23-25-16-10-7-11-17-25)29(45-24(2)40)32(46-36)39-22-28(37)31(41)38-34(39)43/h6-22,29-30,32-33,42H,1,23H2,2-5H3,(H,38,41,43)/t29-,30+,32-,33?,36-/m1/s1. The van der Waals surface area contributed by atoms with E-state index in [9.17, 15) is 23.9 Å². The molecule has 0 amide bonds. The molecule has 1 saturated heterocycles. The summed E-state index contributed by atoms with van der Waals surface area (Å²) in [7, 11) is -3.48. The molecule has 1 aromatic heterocycles. The van der Waals surface area contributed by atoms with Gasteiger partial charge in [0, 0.05) is 6.92 Å². The molecule has 1 fully saturated rings. The number of carbonyl (C=O) groups is 1. The zero-order valence-corrected chi connectivity index (χ0v) is 27.8. The zero-order chi connectivity index (χ0) is 34.0. The number of carbonyl (C=O) groups excluding carboxylic acids is 1. The monoisotopic (exact) mass is 658 g/mol. The summed E-state index contributed by atoms with van der Waals surface area (Å²) in [5.74, 6) is -1.98. The molecule has 5 atom stereocenters. The van der Waals surface area contributed by atoms with Gasteiger partial charge in [0.15, 0.2) is 20.4 Å². The third-order valence-corrected chi connectivity index (χ3v) is 15.0. The number of aromatic amines is 1. The van der Waals surface area contributed by atoms with Crippen LogP contribution in [-0.2, 0) is 25.6 Å². The molecule has 2 N–H and O–H groups in total. The van der Waals surface area contributed by atoms with Gasteiger partial charge < -0.3 is 19.3 Å². The van der Waals surface area contributed by atoms with E-state index >= 15 is 0 Å². The minimum absolute atomic E-state index is 0.0112. The van der Waals surface area contributed by atoms with Gasteiger partial charge in [0.2, 0.25) is 5.82 Å². The fourth-order valence-electron chi connectivity index (χ4n) is 6.91. The number of hydrogen-bond donors (Lipinski definition) is 2. The Morgan fingerprint density at radius 1 is 1.04 bits per heavy atom. The number of ether oxygens (including phenoxy) is 3. The summed E-state index contributed by atoms with van der Waals surface area (Å²) < 4.78 is 34.6. The van der Waals surface area contributed by atoms with Crippen LogP contribution in [0.1, 0.15) is 39.5 Å². The number of hydrogen-bond acceptors (Lipinski definition) is 7. The smallest absolute Gasteiger partial charge is 0.330 e. The summed E-state index contributed by atoms with van der Waals surface area (Å²) >= 11 is 0. The third-order valence-electron chi connectivity index (χ3n) is 8.92. The first-order valence-corrected chi connectivity index (χ1v) is 17.4. The number of aliphatic hydroxyl groups excluding tert-OH is 1. The van der Waals surface area contributed by atoms with E-state index in [-0.39, 0.29) is 6.61 Å². The van der Waals surface area contributed by atoms with Gasteiger partial charge in [-0.15, -0.1) is 6.58 Å². The highest BCUT2D eigenvalue weighted by Crippen LogP contribution is 2.49. The summed E-state index contributed by atoms with van der Waals surface area (Å²) in [6.07, 6.45) is -2.04. The number of halogens is 1. The molecule has 1 aliphatic rings. The number of aromatic nitrogens is 2. The fourth-order valence-corrected chi connectivity index (χ4v) is 12.9. The average molecular weight is 659 g/mol. The van der Waals surface area contributed by atoms with Gasteiger partial charge in [0.25, 0.3) is 5.56 Å². The van der Waals surface area contributed by atoms with Crippen LogP contribution in [0.2, 0.25) is 5.04 Å². The molecule has 0 bridgehead atoms. The molecule has 11 heteroatoms. The van der Waals surface area contributed by atoms with E-state index in [0.29, 0.717) is 6.20 Å². The molecule has 3 aromatic carbocycles. The van der Waals surface area contributed by atoms with Crippen LogP contribution >= 0.6 is 0 Å². The van der Waals surface area contributed by atoms with Gasteiger partial charge in [-0.3, -0.25) is 19.1 Å². The van der Waals surface area contributed by atoms with E-state index in [1.165, 1.54) is 13.0 Å². The Morgan fingerprint density at radius 2 is 1.57 bits per heavy atom. The molecule has 0 saturated carbocycles. The molecule has 0 radical (unpaired) electrons. The molecular weight excluding hydrogens is 619 g/mol. The van der Waals surface area contributed by atoms with Gasteiger partial charge >= 0.3 is 11.7 Å². The molecule has 4 aromatic rings. The second kappa shape index (κ2) is 13.4. The van der Waals surface area contributed by atoms with Crippen molar-refractivity contribution in [3.05, 3.63) is 142 Å². The minimum Gasteiger partial charge on any atom is -0.455 e. The van der Waals surface area contributed by atoms with Gasteiger partial charge in [-0.25, -0.2) is 4.79 Å². The highest BCUT2D eigenvalue weighted by atomic mass is 28.3. The first-order valence-electron chi connectivity index (χ1n) is 15.3. The molecule has 1 aliphatic heterocycles. The van der Waals surface area contributed by atoms with Crippen molar-refractivity contribution >= 4 is 24.4 Å². The Labute approximate surface area is 273 Å². The highest BCUT2D eigenvalue weighted by Gasteiger charge is 2.68. The first-order chi connectivity index (χ1) is 22.4. The van der Waals surface area contributed by atoms with Gasteiger partial charge in [0.05, 0.1) is 18.5 Å². The van der Waals surface area contributed by atoms with Crippen molar-refractivity contribution in [1.82, 2.24) is 9.55 Å². The summed E-state index contributed by atoms with van der Waals surface area (Å²) in [5.41, 5.74) is -4.66. The van der Waals surface area contributed by atoms with E-state index in [1.54, 1.807) is 0 Å². The average Bonchev–Trinajstić information content (AvgIpc) is 3.36. The number of benzene rings is 3. The van der Waals surface area contributed by atoms with Gasteiger partial charge in [-0.1, -0.05) is 128 Å². The predicted octanol–water partition coefficient (Wildman–Crippen LogP) is 3.61. The molecule has 9 nitrogen and oxygen atoms in total. The van der Waals surface area contributed by atoms with Crippen LogP contribution in [0.3, 0.4) is 0 Å². The quantitative estimate of drug-likeness (QED) is 0.152. The molecule has 0 aliphatic carbocycles. The van der Waals surface area contributed by atoms with E-state index < -0.39 is 65.9 Å². The van der Waals surface area contributed by atoms with Crippen LogP contribution in [0, 0.1) is 5.82 Å². The largest absolute Gasteiger partial charge is 0.455 e. The van der Waals surface area contributed by atoms with Gasteiger partial charge in [-0.2, -0.15) is 4.39 Å². The van der Waals surface area contributed by atoms with Crippen LogP contribution < -0.4 is 21.6 Å². The van der Waals surface area contributed by atoms with Crippen molar-refractivity contribution in [2.24, 2.45) is 0 Å². The molecule has 2 heterocycles. The lowest BCUT2D eigenvalue weighted by Crippen LogP contribution is -2.78. The maximum absolute atomic E-state index is 14.7. The summed E-state index contributed by atoms with van der Waals surface area (Å²) in [6.45, 7) is 11.5. The van der Waals surface area contributed by atoms with Crippen LogP contribution in [0.15, 0.2) is 119 Å².